The lowest BCUT2D eigenvalue weighted by atomic mass is 10.0. The largest absolute Gasteiger partial charge is 0.350 e. The highest BCUT2D eigenvalue weighted by Crippen LogP contribution is 2.20. The molecule has 1 aromatic carbocycles. The molecule has 0 bridgehead atoms. The Labute approximate surface area is 145 Å². The molecule has 3 rings (SSSR count). The molecule has 0 atom stereocenters. The summed E-state index contributed by atoms with van der Waals surface area (Å²) in [6.45, 7) is 3.66. The molecule has 6 heteroatoms. The monoisotopic (exact) mass is 349 g/mol. The standard InChI is InChI=1S/C18H27N3O2S/c1-20-14-15(17-4-2-3-5-18(17)20)6-9-19-16-7-10-21(11-8-16)12-13-24(22)23/h2-5,14,16,19,24H,6-13H2,1H3. The molecule has 0 saturated carbocycles. The lowest BCUT2D eigenvalue weighted by Gasteiger charge is -2.32. The SMILES string of the molecule is Cn1cc(CCNC2CCN(CC[SH](=O)=O)CC2)c2ccccc21. The number of piperidine rings is 1. The Morgan fingerprint density at radius 2 is 1.96 bits per heavy atom. The summed E-state index contributed by atoms with van der Waals surface area (Å²) < 4.78 is 23.5. The van der Waals surface area contributed by atoms with Crippen LogP contribution in [-0.4, -0.2) is 55.9 Å². The minimum atomic E-state index is -2.24. The highest BCUT2D eigenvalue weighted by atomic mass is 32.2. The van der Waals surface area contributed by atoms with Gasteiger partial charge in [-0.1, -0.05) is 18.2 Å². The maximum absolute atomic E-state index is 10.7. The van der Waals surface area contributed by atoms with E-state index in [0.29, 0.717) is 12.6 Å². The molecule has 0 spiro atoms. The number of aromatic nitrogens is 1. The van der Waals surface area contributed by atoms with Gasteiger partial charge in [0.2, 0.25) is 0 Å². The van der Waals surface area contributed by atoms with Crippen LogP contribution in [-0.2, 0) is 24.2 Å². The Hall–Kier alpha value is -1.37. The fourth-order valence-corrected chi connectivity index (χ4v) is 4.07. The highest BCUT2D eigenvalue weighted by Gasteiger charge is 2.18. The van der Waals surface area contributed by atoms with Gasteiger partial charge >= 0.3 is 0 Å². The van der Waals surface area contributed by atoms with Crippen LogP contribution in [0.3, 0.4) is 0 Å². The maximum Gasteiger partial charge on any atom is 0.141 e. The van der Waals surface area contributed by atoms with E-state index < -0.39 is 10.7 Å². The first-order valence-corrected chi connectivity index (χ1v) is 10.1. The number of thiol groups is 1. The number of hydrogen-bond donors (Lipinski definition) is 2. The van der Waals surface area contributed by atoms with E-state index in [0.717, 1.165) is 38.9 Å². The van der Waals surface area contributed by atoms with Gasteiger partial charge in [0.25, 0.3) is 0 Å². The molecule has 2 aromatic rings. The van der Waals surface area contributed by atoms with Crippen LogP contribution in [0.5, 0.6) is 0 Å². The van der Waals surface area contributed by atoms with Gasteiger partial charge in [0.05, 0.1) is 5.75 Å². The summed E-state index contributed by atoms with van der Waals surface area (Å²) in [4.78, 5) is 2.26. The Morgan fingerprint density at radius 3 is 2.71 bits per heavy atom. The summed E-state index contributed by atoms with van der Waals surface area (Å²) in [6.07, 6.45) is 5.48. The Bertz CT molecular complexity index is 738. The third-order valence-corrected chi connectivity index (χ3v) is 5.56. The molecule has 1 N–H and O–H groups in total. The van der Waals surface area contributed by atoms with E-state index in [1.54, 1.807) is 0 Å². The molecule has 0 amide bonds. The zero-order valence-corrected chi connectivity index (χ0v) is 15.2. The smallest absolute Gasteiger partial charge is 0.141 e. The lowest BCUT2D eigenvalue weighted by Crippen LogP contribution is -2.43. The van der Waals surface area contributed by atoms with Crippen molar-refractivity contribution in [2.75, 3.05) is 31.9 Å². The number of hydrogen-bond acceptors (Lipinski definition) is 4. The van der Waals surface area contributed by atoms with Gasteiger partial charge in [-0.25, -0.2) is 8.42 Å². The first kappa shape index (κ1) is 17.5. The zero-order valence-electron chi connectivity index (χ0n) is 14.3. The maximum atomic E-state index is 10.7. The van der Waals surface area contributed by atoms with Crippen LogP contribution in [0.15, 0.2) is 30.5 Å². The van der Waals surface area contributed by atoms with Crippen LogP contribution in [0.4, 0.5) is 0 Å². The van der Waals surface area contributed by atoms with Crippen LogP contribution in [0.1, 0.15) is 18.4 Å². The second kappa shape index (κ2) is 8.14. The van der Waals surface area contributed by atoms with E-state index in [9.17, 15) is 8.42 Å². The number of fused-ring (bicyclic) bond motifs is 1. The summed E-state index contributed by atoms with van der Waals surface area (Å²) in [5, 5.41) is 5.02. The van der Waals surface area contributed by atoms with Crippen molar-refractivity contribution >= 4 is 21.6 Å². The first-order chi connectivity index (χ1) is 11.6. The van der Waals surface area contributed by atoms with Crippen molar-refractivity contribution in [1.82, 2.24) is 14.8 Å². The minimum absolute atomic E-state index is 0.286. The predicted octanol–water partition coefficient (Wildman–Crippen LogP) is 1.39. The Balaban J connectivity index is 1.44. The number of aryl methyl sites for hydroxylation is 1. The molecular formula is C18H27N3O2S. The summed E-state index contributed by atoms with van der Waals surface area (Å²) in [5.74, 6) is 0.286. The fraction of sp³-hybridized carbons (Fsp3) is 0.556. The van der Waals surface area contributed by atoms with Crippen molar-refractivity contribution in [2.45, 2.75) is 25.3 Å². The second-order valence-electron chi connectivity index (χ2n) is 6.66. The third-order valence-electron chi connectivity index (χ3n) is 4.99. The van der Waals surface area contributed by atoms with Gasteiger partial charge in [0, 0.05) is 36.7 Å². The average molecular weight is 350 g/mol. The van der Waals surface area contributed by atoms with Gasteiger partial charge < -0.3 is 14.8 Å². The molecule has 2 heterocycles. The molecule has 1 aliphatic rings. The first-order valence-electron chi connectivity index (χ1n) is 8.74. The summed E-state index contributed by atoms with van der Waals surface area (Å²) in [6, 6.07) is 9.10. The van der Waals surface area contributed by atoms with Crippen molar-refractivity contribution < 1.29 is 8.42 Å². The predicted molar refractivity (Wildman–Crippen MR) is 99.3 cm³/mol. The molecule has 1 fully saturated rings. The average Bonchev–Trinajstić information content (AvgIpc) is 2.91. The van der Waals surface area contributed by atoms with E-state index in [1.807, 2.05) is 0 Å². The van der Waals surface area contributed by atoms with E-state index in [-0.39, 0.29) is 5.75 Å². The van der Waals surface area contributed by atoms with Crippen molar-refractivity contribution in [3.8, 4) is 0 Å². The van der Waals surface area contributed by atoms with Crippen molar-refractivity contribution in [1.29, 1.82) is 0 Å². The molecule has 0 unspecified atom stereocenters. The van der Waals surface area contributed by atoms with Gasteiger partial charge in [-0.15, -0.1) is 0 Å². The fourth-order valence-electron chi connectivity index (χ4n) is 3.62. The molecule has 24 heavy (non-hydrogen) atoms. The topological polar surface area (TPSA) is 54.3 Å². The molecule has 5 nitrogen and oxygen atoms in total. The van der Waals surface area contributed by atoms with Crippen LogP contribution in [0, 0.1) is 0 Å². The molecule has 1 aliphatic heterocycles. The number of likely N-dealkylation sites (tertiary alicyclic amines) is 1. The normalized spacial score (nSPS) is 17.1. The van der Waals surface area contributed by atoms with Gasteiger partial charge in [-0.05, 0) is 50.5 Å². The number of benzene rings is 1. The Kier molecular flexibility index (Phi) is 5.92. The number of rotatable bonds is 7. The number of para-hydroxylation sites is 1. The van der Waals surface area contributed by atoms with Gasteiger partial charge in [-0.3, -0.25) is 0 Å². The van der Waals surface area contributed by atoms with Crippen LogP contribution >= 0.6 is 0 Å². The van der Waals surface area contributed by atoms with E-state index >= 15 is 0 Å². The zero-order chi connectivity index (χ0) is 16.9. The van der Waals surface area contributed by atoms with Crippen molar-refractivity contribution in [3.05, 3.63) is 36.0 Å². The number of nitrogens with one attached hydrogen (secondary N) is 1. The Morgan fingerprint density at radius 1 is 1.21 bits per heavy atom. The second-order valence-corrected chi connectivity index (χ2v) is 7.77. The molecular weight excluding hydrogens is 322 g/mol. The molecule has 132 valence electrons. The van der Waals surface area contributed by atoms with Gasteiger partial charge in [0.15, 0.2) is 0 Å². The molecule has 1 saturated heterocycles. The van der Waals surface area contributed by atoms with Crippen LogP contribution < -0.4 is 5.32 Å². The van der Waals surface area contributed by atoms with E-state index in [2.05, 4.69) is 52.3 Å². The lowest BCUT2D eigenvalue weighted by molar-refractivity contribution is 0.208. The molecule has 1 aromatic heterocycles. The summed E-state index contributed by atoms with van der Waals surface area (Å²) >= 11 is 0. The van der Waals surface area contributed by atoms with Gasteiger partial charge in [0.1, 0.15) is 10.7 Å². The number of nitrogens with zero attached hydrogens (tertiary/aromatic N) is 2. The highest BCUT2D eigenvalue weighted by molar-refractivity contribution is 7.72. The van der Waals surface area contributed by atoms with Crippen molar-refractivity contribution in [2.24, 2.45) is 7.05 Å². The third kappa shape index (κ3) is 4.37. The van der Waals surface area contributed by atoms with Crippen molar-refractivity contribution in [3.63, 3.8) is 0 Å². The van der Waals surface area contributed by atoms with Crippen LogP contribution in [0.25, 0.3) is 10.9 Å². The minimum Gasteiger partial charge on any atom is -0.350 e. The van der Waals surface area contributed by atoms with E-state index in [4.69, 9.17) is 0 Å². The van der Waals surface area contributed by atoms with Crippen LogP contribution in [0.2, 0.25) is 0 Å². The summed E-state index contributed by atoms with van der Waals surface area (Å²) in [5.41, 5.74) is 2.69. The summed E-state index contributed by atoms with van der Waals surface area (Å²) in [7, 11) is -0.142. The van der Waals surface area contributed by atoms with E-state index in [1.165, 1.54) is 16.5 Å². The molecule has 0 aliphatic carbocycles. The molecule has 0 radical (unpaired) electrons. The van der Waals surface area contributed by atoms with Gasteiger partial charge in [-0.2, -0.15) is 0 Å². The quantitative estimate of drug-likeness (QED) is 0.742.